The number of hydrogen-bond acceptors (Lipinski definition) is 6. The molecule has 2 atom stereocenters. The van der Waals surface area contributed by atoms with Crippen molar-refractivity contribution < 1.29 is 32.0 Å². The maximum atomic E-state index is 14.4. The van der Waals surface area contributed by atoms with Crippen molar-refractivity contribution in [1.29, 1.82) is 0 Å². The fraction of sp³-hybridized carbons (Fsp3) is 0.278. The number of alkyl halides is 3. The van der Waals surface area contributed by atoms with Gasteiger partial charge in [0.1, 0.15) is 21.7 Å². The number of carbonyl (C=O) groups excluding carboxylic acids is 1. The fourth-order valence-electron chi connectivity index (χ4n) is 2.92. The lowest BCUT2D eigenvalue weighted by Crippen LogP contribution is -2.49. The molecule has 2 heterocycles. The van der Waals surface area contributed by atoms with E-state index < -0.39 is 46.9 Å². The molecule has 3 rings (SSSR count). The second-order valence-corrected chi connectivity index (χ2v) is 7.58. The SMILES string of the molecule is C[C@@]1(c2nc(Br)ccc2F)C[C@H](C(F)(F)F)OC(NC(=O)c2ccc([N+](=O)[O-])cc2)=N1. The molecule has 164 valence electrons. The molecule has 0 saturated carbocycles. The third kappa shape index (κ3) is 4.98. The first-order valence-corrected chi connectivity index (χ1v) is 9.40. The lowest BCUT2D eigenvalue weighted by Gasteiger charge is -2.36. The van der Waals surface area contributed by atoms with Crippen LogP contribution in [0.15, 0.2) is 46.0 Å². The molecular weight excluding hydrogens is 492 g/mol. The minimum absolute atomic E-state index is 0.0838. The molecular formula is C18H13BrF4N4O4. The van der Waals surface area contributed by atoms with Gasteiger partial charge in [-0.2, -0.15) is 13.2 Å². The number of aromatic nitrogens is 1. The highest BCUT2D eigenvalue weighted by Gasteiger charge is 2.51. The molecule has 1 aliphatic rings. The van der Waals surface area contributed by atoms with E-state index in [1.165, 1.54) is 13.0 Å². The number of hydrogen-bond donors (Lipinski definition) is 1. The Labute approximate surface area is 180 Å². The van der Waals surface area contributed by atoms with Crippen molar-refractivity contribution in [3.05, 3.63) is 68.2 Å². The predicted octanol–water partition coefficient (Wildman–Crippen LogP) is 4.24. The standard InChI is InChI=1S/C18H13BrF4N4O4/c1-17(14-11(20)6-7-13(19)24-14)8-12(18(21,22)23)31-16(26-17)25-15(28)9-2-4-10(5-3-9)27(29)30/h2-7,12H,8H2,1H3,(H,25,26,28)/t12-,17+/m1/s1. The molecule has 0 radical (unpaired) electrons. The number of amidine groups is 1. The number of nitro groups is 1. The van der Waals surface area contributed by atoms with Crippen LogP contribution in [0.3, 0.4) is 0 Å². The summed E-state index contributed by atoms with van der Waals surface area (Å²) in [6.07, 6.45) is -7.99. The molecule has 0 bridgehead atoms. The quantitative estimate of drug-likeness (QED) is 0.291. The van der Waals surface area contributed by atoms with Crippen LogP contribution in [0.1, 0.15) is 29.4 Å². The molecule has 0 fully saturated rings. The Balaban J connectivity index is 1.95. The average molecular weight is 505 g/mol. The summed E-state index contributed by atoms with van der Waals surface area (Å²) in [6, 6.07) is 5.88. The summed E-state index contributed by atoms with van der Waals surface area (Å²) in [5.74, 6) is -1.79. The maximum absolute atomic E-state index is 14.4. The molecule has 1 aromatic heterocycles. The van der Waals surface area contributed by atoms with E-state index >= 15 is 0 Å². The third-order valence-electron chi connectivity index (χ3n) is 4.43. The van der Waals surface area contributed by atoms with Gasteiger partial charge < -0.3 is 4.74 Å². The number of benzene rings is 1. The Morgan fingerprint density at radius 2 is 1.94 bits per heavy atom. The smallest absolute Gasteiger partial charge is 0.425 e. The highest BCUT2D eigenvalue weighted by molar-refractivity contribution is 9.10. The van der Waals surface area contributed by atoms with Gasteiger partial charge in [0.2, 0.25) is 0 Å². The summed E-state index contributed by atoms with van der Waals surface area (Å²) >= 11 is 3.05. The Bertz CT molecular complexity index is 1060. The van der Waals surface area contributed by atoms with E-state index in [0.717, 1.165) is 30.3 Å². The van der Waals surface area contributed by atoms with Gasteiger partial charge in [-0.05, 0) is 47.1 Å². The summed E-state index contributed by atoms with van der Waals surface area (Å²) in [5.41, 5.74) is -2.52. The van der Waals surface area contributed by atoms with Gasteiger partial charge in [-0.1, -0.05) is 0 Å². The lowest BCUT2D eigenvalue weighted by atomic mass is 9.89. The van der Waals surface area contributed by atoms with Crippen LogP contribution in [0.4, 0.5) is 23.2 Å². The van der Waals surface area contributed by atoms with Gasteiger partial charge in [0.15, 0.2) is 6.10 Å². The number of amides is 1. The van der Waals surface area contributed by atoms with Crippen LogP contribution in [-0.4, -0.2) is 34.1 Å². The zero-order chi connectivity index (χ0) is 23.0. The second-order valence-electron chi connectivity index (χ2n) is 6.77. The minimum Gasteiger partial charge on any atom is -0.452 e. The highest BCUT2D eigenvalue weighted by Crippen LogP contribution is 2.40. The minimum atomic E-state index is -4.83. The van der Waals surface area contributed by atoms with Crippen LogP contribution >= 0.6 is 15.9 Å². The van der Waals surface area contributed by atoms with Gasteiger partial charge >= 0.3 is 6.18 Å². The largest absolute Gasteiger partial charge is 0.452 e. The normalized spacial score (nSPS) is 21.1. The lowest BCUT2D eigenvalue weighted by molar-refractivity contribution is -0.384. The number of halogens is 5. The van der Waals surface area contributed by atoms with E-state index in [1.54, 1.807) is 0 Å². The number of ether oxygens (including phenoxy) is 1. The van der Waals surface area contributed by atoms with E-state index in [9.17, 15) is 32.5 Å². The fourth-order valence-corrected chi connectivity index (χ4v) is 3.23. The molecule has 8 nitrogen and oxygen atoms in total. The summed E-state index contributed by atoms with van der Waals surface area (Å²) in [4.78, 5) is 30.3. The average Bonchev–Trinajstić information content (AvgIpc) is 2.68. The monoisotopic (exact) mass is 504 g/mol. The Morgan fingerprint density at radius 3 is 2.52 bits per heavy atom. The van der Waals surface area contributed by atoms with E-state index in [1.807, 2.05) is 0 Å². The van der Waals surface area contributed by atoms with Gasteiger partial charge in [0.25, 0.3) is 17.6 Å². The third-order valence-corrected chi connectivity index (χ3v) is 4.87. The molecule has 1 aliphatic heterocycles. The van der Waals surface area contributed by atoms with E-state index in [-0.39, 0.29) is 21.5 Å². The number of nitrogens with zero attached hydrogens (tertiary/aromatic N) is 3. The number of aliphatic imine (C=N–C) groups is 1. The van der Waals surface area contributed by atoms with Crippen LogP contribution in [0.2, 0.25) is 0 Å². The van der Waals surface area contributed by atoms with Crippen molar-refractivity contribution in [3.63, 3.8) is 0 Å². The first kappa shape index (κ1) is 22.6. The molecule has 31 heavy (non-hydrogen) atoms. The van der Waals surface area contributed by atoms with Crippen LogP contribution in [0.25, 0.3) is 0 Å². The van der Waals surface area contributed by atoms with E-state index in [4.69, 9.17) is 4.74 Å². The molecule has 2 aromatic rings. The van der Waals surface area contributed by atoms with E-state index in [2.05, 4.69) is 31.2 Å². The number of non-ortho nitro benzene ring substituents is 1. The molecule has 0 spiro atoms. The number of nitro benzene ring substituents is 1. The van der Waals surface area contributed by atoms with Crippen molar-refractivity contribution in [3.8, 4) is 0 Å². The predicted molar refractivity (Wildman–Crippen MR) is 103 cm³/mol. The van der Waals surface area contributed by atoms with Crippen molar-refractivity contribution in [2.24, 2.45) is 4.99 Å². The molecule has 13 heteroatoms. The molecule has 1 aromatic carbocycles. The number of pyridine rings is 1. The summed E-state index contributed by atoms with van der Waals surface area (Å²) in [7, 11) is 0. The molecule has 0 unspecified atom stereocenters. The van der Waals surface area contributed by atoms with Gasteiger partial charge in [-0.25, -0.2) is 14.4 Å². The van der Waals surface area contributed by atoms with Crippen molar-refractivity contribution >= 4 is 33.5 Å². The first-order chi connectivity index (χ1) is 14.4. The second kappa shape index (κ2) is 8.21. The molecule has 0 aliphatic carbocycles. The summed E-state index contributed by atoms with van der Waals surface area (Å²) in [5, 5.41) is 12.8. The van der Waals surface area contributed by atoms with Gasteiger partial charge in [-0.3, -0.25) is 20.2 Å². The van der Waals surface area contributed by atoms with Crippen molar-refractivity contribution in [2.75, 3.05) is 0 Å². The number of rotatable bonds is 3. The van der Waals surface area contributed by atoms with Crippen LogP contribution in [-0.2, 0) is 10.3 Å². The zero-order valence-corrected chi connectivity index (χ0v) is 17.2. The van der Waals surface area contributed by atoms with Gasteiger partial charge in [-0.15, -0.1) is 0 Å². The summed E-state index contributed by atoms with van der Waals surface area (Å²) < 4.78 is 59.7. The maximum Gasteiger partial charge on any atom is 0.425 e. The molecule has 0 saturated heterocycles. The van der Waals surface area contributed by atoms with Crippen molar-refractivity contribution in [2.45, 2.75) is 31.2 Å². The molecule has 1 N–H and O–H groups in total. The Morgan fingerprint density at radius 1 is 1.29 bits per heavy atom. The van der Waals surface area contributed by atoms with Crippen LogP contribution in [0.5, 0.6) is 0 Å². The topological polar surface area (TPSA) is 107 Å². The number of nitrogens with one attached hydrogen (secondary N) is 1. The van der Waals surface area contributed by atoms with Crippen LogP contribution < -0.4 is 5.32 Å². The Kier molecular flexibility index (Phi) is 5.98. The van der Waals surface area contributed by atoms with Gasteiger partial charge in [0, 0.05) is 24.1 Å². The van der Waals surface area contributed by atoms with Crippen LogP contribution in [0, 0.1) is 15.9 Å². The number of carbonyl (C=O) groups is 1. The first-order valence-electron chi connectivity index (χ1n) is 8.60. The zero-order valence-electron chi connectivity index (χ0n) is 15.6. The van der Waals surface area contributed by atoms with E-state index in [0.29, 0.717) is 0 Å². The van der Waals surface area contributed by atoms with Gasteiger partial charge in [0.05, 0.1) is 4.92 Å². The highest BCUT2D eigenvalue weighted by atomic mass is 79.9. The summed E-state index contributed by atoms with van der Waals surface area (Å²) in [6.45, 7) is 1.24. The van der Waals surface area contributed by atoms with Crippen molar-refractivity contribution in [1.82, 2.24) is 10.3 Å². The Hall–Kier alpha value is -3.09. The molecule has 1 amide bonds.